The Bertz CT molecular complexity index is 46.8. The van der Waals surface area contributed by atoms with E-state index < -0.39 is 0 Å². The normalized spacial score (nSPS) is 7.67. The van der Waals surface area contributed by atoms with Gasteiger partial charge < -0.3 is 3.07 Å². The summed E-state index contributed by atoms with van der Waals surface area (Å²) >= 11 is 1.56. The van der Waals surface area contributed by atoms with Gasteiger partial charge in [-0.15, -0.1) is 0 Å². The van der Waals surface area contributed by atoms with Gasteiger partial charge in [0.15, 0.2) is 23.0 Å². The second-order valence-electron chi connectivity index (χ2n) is 0.803. The van der Waals surface area contributed by atoms with Crippen molar-refractivity contribution in [1.29, 1.82) is 0 Å². The Hall–Kier alpha value is 0.200. The quantitative estimate of drug-likeness (QED) is 0.596. The van der Waals surface area contributed by atoms with Crippen molar-refractivity contribution >= 4 is 29.0 Å². The molecule has 0 rings (SSSR count). The molecule has 0 aliphatic carbocycles. The zero-order valence-corrected chi connectivity index (χ0v) is 5.56. The smallest absolute Gasteiger partial charge is 0.314 e. The molecule has 0 saturated carbocycles. The van der Waals surface area contributed by atoms with Crippen molar-refractivity contribution in [1.82, 2.24) is 0 Å². The van der Waals surface area contributed by atoms with Crippen LogP contribution >= 0.6 is 23.0 Å². The van der Waals surface area contributed by atoms with Gasteiger partial charge in [-0.1, -0.05) is 6.92 Å². The summed E-state index contributed by atoms with van der Waals surface area (Å²) in [6, 6.07) is 0. The SMILES string of the molecule is CCC(=O)OI. The summed E-state index contributed by atoms with van der Waals surface area (Å²) in [7, 11) is 0. The minimum Gasteiger partial charge on any atom is -0.394 e. The second kappa shape index (κ2) is 3.39. The Morgan fingerprint density at radius 1 is 2.00 bits per heavy atom. The van der Waals surface area contributed by atoms with Crippen molar-refractivity contribution in [2.45, 2.75) is 13.3 Å². The van der Waals surface area contributed by atoms with Crippen LogP contribution in [0.1, 0.15) is 13.3 Å². The van der Waals surface area contributed by atoms with Crippen LogP contribution in [0.5, 0.6) is 0 Å². The molecule has 0 spiro atoms. The van der Waals surface area contributed by atoms with Crippen molar-refractivity contribution in [3.8, 4) is 0 Å². The van der Waals surface area contributed by atoms with Crippen LogP contribution in [0.4, 0.5) is 0 Å². The van der Waals surface area contributed by atoms with Gasteiger partial charge in [0, 0.05) is 6.42 Å². The van der Waals surface area contributed by atoms with Gasteiger partial charge in [0.2, 0.25) is 0 Å². The fourth-order valence-electron chi connectivity index (χ4n) is 0.0546. The summed E-state index contributed by atoms with van der Waals surface area (Å²) in [5.41, 5.74) is 0. The fraction of sp³-hybridized carbons (Fsp3) is 0.667. The van der Waals surface area contributed by atoms with E-state index in [2.05, 4.69) is 3.07 Å². The van der Waals surface area contributed by atoms with Gasteiger partial charge in [0.05, 0.1) is 0 Å². The van der Waals surface area contributed by atoms with Crippen molar-refractivity contribution in [2.24, 2.45) is 0 Å². The first-order valence-electron chi connectivity index (χ1n) is 1.62. The number of hydrogen-bond donors (Lipinski definition) is 0. The van der Waals surface area contributed by atoms with Crippen molar-refractivity contribution < 1.29 is 7.86 Å². The molecule has 0 atom stereocenters. The summed E-state index contributed by atoms with van der Waals surface area (Å²) in [4.78, 5) is 9.95. The monoisotopic (exact) mass is 200 g/mol. The Balaban J connectivity index is 2.99. The third-order valence-electron chi connectivity index (χ3n) is 0.375. The lowest BCUT2D eigenvalue weighted by Crippen LogP contribution is -1.89. The highest BCUT2D eigenvalue weighted by atomic mass is 127. The molecule has 6 heavy (non-hydrogen) atoms. The molecule has 0 saturated heterocycles. The van der Waals surface area contributed by atoms with Crippen LogP contribution < -0.4 is 0 Å². The molecule has 0 heterocycles. The number of hydrogen-bond acceptors (Lipinski definition) is 2. The Morgan fingerprint density at radius 2 is 2.50 bits per heavy atom. The van der Waals surface area contributed by atoms with Crippen LogP contribution in [0.3, 0.4) is 0 Å². The zero-order chi connectivity index (χ0) is 4.99. The number of carbonyl (C=O) groups is 1. The first kappa shape index (κ1) is 6.20. The molecule has 36 valence electrons. The van der Waals surface area contributed by atoms with E-state index in [0.717, 1.165) is 0 Å². The van der Waals surface area contributed by atoms with Crippen molar-refractivity contribution in [2.75, 3.05) is 0 Å². The average molecular weight is 200 g/mol. The Morgan fingerprint density at radius 3 is 2.50 bits per heavy atom. The lowest BCUT2D eigenvalue weighted by atomic mass is 10.5. The average Bonchev–Trinajstić information content (AvgIpc) is 1.65. The van der Waals surface area contributed by atoms with Crippen LogP contribution in [-0.2, 0) is 7.86 Å². The van der Waals surface area contributed by atoms with Gasteiger partial charge in [0.1, 0.15) is 0 Å². The topological polar surface area (TPSA) is 26.3 Å². The van der Waals surface area contributed by atoms with Gasteiger partial charge in [0.25, 0.3) is 0 Å². The summed E-state index contributed by atoms with van der Waals surface area (Å²) < 4.78 is 4.23. The Kier molecular flexibility index (Phi) is 3.51. The molecule has 0 aromatic heterocycles. The van der Waals surface area contributed by atoms with Gasteiger partial charge in [-0.25, -0.2) is 0 Å². The predicted molar refractivity (Wildman–Crippen MR) is 30.4 cm³/mol. The standard InChI is InChI=1S/C3H5IO2/c1-2-3(5)6-4/h2H2,1H3. The van der Waals surface area contributed by atoms with Crippen LogP contribution in [0, 0.1) is 0 Å². The Labute approximate surface area is 50.6 Å². The van der Waals surface area contributed by atoms with Crippen molar-refractivity contribution in [3.05, 3.63) is 0 Å². The van der Waals surface area contributed by atoms with Crippen LogP contribution in [-0.4, -0.2) is 5.97 Å². The molecule has 0 N–H and O–H groups in total. The van der Waals surface area contributed by atoms with E-state index in [1.807, 2.05) is 0 Å². The highest BCUT2D eigenvalue weighted by Crippen LogP contribution is 1.89. The molecule has 0 radical (unpaired) electrons. The third kappa shape index (κ3) is 2.44. The van der Waals surface area contributed by atoms with E-state index in [0.29, 0.717) is 6.42 Å². The summed E-state index contributed by atoms with van der Waals surface area (Å²) in [6.45, 7) is 1.75. The molecular weight excluding hydrogens is 195 g/mol. The van der Waals surface area contributed by atoms with Gasteiger partial charge in [-0.2, -0.15) is 0 Å². The number of halogens is 1. The molecule has 0 aromatic rings. The molecule has 3 heteroatoms. The molecule has 0 aliphatic heterocycles. The molecule has 0 fully saturated rings. The van der Waals surface area contributed by atoms with Crippen LogP contribution in [0.2, 0.25) is 0 Å². The lowest BCUT2D eigenvalue weighted by Gasteiger charge is -1.83. The van der Waals surface area contributed by atoms with Gasteiger partial charge in [-0.3, -0.25) is 4.79 Å². The number of carbonyl (C=O) groups excluding carboxylic acids is 1. The predicted octanol–water partition coefficient (Wildman–Crippen LogP) is 1.29. The molecule has 2 nitrogen and oxygen atoms in total. The largest absolute Gasteiger partial charge is 0.394 e. The van der Waals surface area contributed by atoms with Crippen LogP contribution in [0.15, 0.2) is 0 Å². The molecule has 0 unspecified atom stereocenters. The molecule has 0 bridgehead atoms. The molecular formula is C3H5IO2. The fourth-order valence-corrected chi connectivity index (χ4v) is 0.366. The van der Waals surface area contributed by atoms with Crippen LogP contribution in [0.25, 0.3) is 0 Å². The van der Waals surface area contributed by atoms with E-state index in [1.54, 1.807) is 29.9 Å². The first-order chi connectivity index (χ1) is 2.81. The van der Waals surface area contributed by atoms with E-state index in [4.69, 9.17) is 0 Å². The summed E-state index contributed by atoms with van der Waals surface area (Å²) in [6.07, 6.45) is 0.461. The third-order valence-corrected chi connectivity index (χ3v) is 0.866. The molecule has 0 amide bonds. The molecule has 0 aromatic carbocycles. The maximum Gasteiger partial charge on any atom is 0.314 e. The summed E-state index contributed by atoms with van der Waals surface area (Å²) in [5, 5.41) is 0. The zero-order valence-electron chi connectivity index (χ0n) is 3.40. The van der Waals surface area contributed by atoms with Gasteiger partial charge >= 0.3 is 5.97 Å². The van der Waals surface area contributed by atoms with E-state index in [-0.39, 0.29) is 5.97 Å². The van der Waals surface area contributed by atoms with E-state index in [1.165, 1.54) is 0 Å². The highest BCUT2D eigenvalue weighted by molar-refractivity contribution is 14.1. The second-order valence-corrected chi connectivity index (χ2v) is 1.24. The summed E-state index contributed by atoms with van der Waals surface area (Å²) in [5.74, 6) is -0.171. The van der Waals surface area contributed by atoms with E-state index in [9.17, 15) is 4.79 Å². The minimum absolute atomic E-state index is 0.171. The molecule has 0 aliphatic rings. The van der Waals surface area contributed by atoms with Gasteiger partial charge in [-0.05, 0) is 0 Å². The lowest BCUT2D eigenvalue weighted by molar-refractivity contribution is -0.130. The minimum atomic E-state index is -0.171. The highest BCUT2D eigenvalue weighted by Gasteiger charge is 1.89. The van der Waals surface area contributed by atoms with E-state index >= 15 is 0 Å². The van der Waals surface area contributed by atoms with Crippen molar-refractivity contribution in [3.63, 3.8) is 0 Å². The number of rotatable bonds is 1. The maximum absolute atomic E-state index is 9.95. The first-order valence-corrected chi connectivity index (χ1v) is 2.50. The maximum atomic E-state index is 9.95.